The lowest BCUT2D eigenvalue weighted by molar-refractivity contribution is 0.715. The predicted molar refractivity (Wildman–Crippen MR) is 52.8 cm³/mol. The summed E-state index contributed by atoms with van der Waals surface area (Å²) in [6.45, 7) is 1.84. The lowest BCUT2D eigenvalue weighted by Crippen LogP contribution is -2.24. The zero-order valence-corrected chi connectivity index (χ0v) is 7.45. The number of nitrogens with zero attached hydrogens (tertiary/aromatic N) is 2. The van der Waals surface area contributed by atoms with E-state index < -0.39 is 0 Å². The minimum Gasteiger partial charge on any atom is -0.253 e. The molecule has 0 saturated carbocycles. The maximum absolute atomic E-state index is 4.62. The maximum atomic E-state index is 4.62. The summed E-state index contributed by atoms with van der Waals surface area (Å²) in [5, 5.41) is 4.42. The molecule has 3 rings (SSSR count). The third-order valence-electron chi connectivity index (χ3n) is 2.77. The summed E-state index contributed by atoms with van der Waals surface area (Å²) in [5.74, 6) is 0. The van der Waals surface area contributed by atoms with Crippen molar-refractivity contribution in [1.82, 2.24) is 5.32 Å². The van der Waals surface area contributed by atoms with Crippen molar-refractivity contribution in [3.8, 4) is 0 Å². The predicted octanol–water partition coefficient (Wildman–Crippen LogP) is 1.59. The van der Waals surface area contributed by atoms with Crippen LogP contribution >= 0.6 is 0 Å². The second kappa shape index (κ2) is 2.67. The van der Waals surface area contributed by atoms with Gasteiger partial charge in [0.2, 0.25) is 0 Å². The Morgan fingerprint density at radius 1 is 1.23 bits per heavy atom. The lowest BCUT2D eigenvalue weighted by Gasteiger charge is -2.14. The Bertz CT molecular complexity index is 370. The minimum absolute atomic E-state index is 0.888. The van der Waals surface area contributed by atoms with Gasteiger partial charge in [-0.25, -0.2) is 5.32 Å². The minimum atomic E-state index is 0.888. The summed E-state index contributed by atoms with van der Waals surface area (Å²) in [6.07, 6.45) is 8.48. The molecule has 1 saturated heterocycles. The Morgan fingerprint density at radius 3 is 3.23 bits per heavy atom. The largest absolute Gasteiger partial charge is 0.253 e. The highest BCUT2D eigenvalue weighted by Gasteiger charge is 2.25. The van der Waals surface area contributed by atoms with Gasteiger partial charge in [0, 0.05) is 25.2 Å². The molecule has 2 heteroatoms. The van der Waals surface area contributed by atoms with Crippen molar-refractivity contribution in [3.05, 3.63) is 35.1 Å². The summed E-state index contributed by atoms with van der Waals surface area (Å²) in [6, 6.07) is 0. The second-order valence-corrected chi connectivity index (χ2v) is 3.56. The van der Waals surface area contributed by atoms with Crippen molar-refractivity contribution in [1.29, 1.82) is 0 Å². The van der Waals surface area contributed by atoms with Crippen molar-refractivity contribution in [2.45, 2.75) is 12.8 Å². The molecule has 0 N–H and O–H groups in total. The van der Waals surface area contributed by atoms with Crippen LogP contribution in [0.2, 0.25) is 0 Å². The third kappa shape index (κ3) is 1.02. The molecule has 0 spiro atoms. The van der Waals surface area contributed by atoms with Crippen LogP contribution < -0.4 is 5.32 Å². The van der Waals surface area contributed by atoms with E-state index in [0.29, 0.717) is 0 Å². The molecule has 65 valence electrons. The molecule has 2 nitrogen and oxygen atoms in total. The first-order valence-corrected chi connectivity index (χ1v) is 4.75. The van der Waals surface area contributed by atoms with Gasteiger partial charge >= 0.3 is 0 Å². The first kappa shape index (κ1) is 7.27. The van der Waals surface area contributed by atoms with Crippen LogP contribution in [-0.4, -0.2) is 18.8 Å². The van der Waals surface area contributed by atoms with Crippen molar-refractivity contribution in [2.75, 3.05) is 13.1 Å². The third-order valence-corrected chi connectivity index (χ3v) is 2.77. The number of piperidine rings is 1. The van der Waals surface area contributed by atoms with Gasteiger partial charge in [-0.1, -0.05) is 12.2 Å². The standard InChI is InChI=1S/C11H11N2/c1-2-4-10-8(3-1)9-7-12-6-5-11(9)13-10/h1-2,4H,3,5-7H2. The highest BCUT2D eigenvalue weighted by molar-refractivity contribution is 6.06. The fourth-order valence-corrected chi connectivity index (χ4v) is 2.09. The average Bonchev–Trinajstić information content (AvgIpc) is 2.56. The van der Waals surface area contributed by atoms with Crippen molar-refractivity contribution in [2.24, 2.45) is 4.99 Å². The Hall–Kier alpha value is -1.15. The quantitative estimate of drug-likeness (QED) is 0.529. The normalized spacial score (nSPS) is 25.2. The summed E-state index contributed by atoms with van der Waals surface area (Å²) in [7, 11) is 0. The molecule has 1 aliphatic carbocycles. The van der Waals surface area contributed by atoms with Crippen LogP contribution in [0.3, 0.4) is 0 Å². The van der Waals surface area contributed by atoms with Crippen LogP contribution in [0.5, 0.6) is 0 Å². The maximum Gasteiger partial charge on any atom is 0.0672 e. The van der Waals surface area contributed by atoms with Crippen LogP contribution in [0.1, 0.15) is 12.8 Å². The lowest BCUT2D eigenvalue weighted by atomic mass is 9.96. The van der Waals surface area contributed by atoms with E-state index in [1.54, 1.807) is 0 Å². The van der Waals surface area contributed by atoms with Crippen LogP contribution in [-0.2, 0) is 0 Å². The van der Waals surface area contributed by atoms with Crippen LogP contribution in [0, 0.1) is 0 Å². The smallest absolute Gasteiger partial charge is 0.0672 e. The van der Waals surface area contributed by atoms with Gasteiger partial charge in [-0.3, -0.25) is 4.99 Å². The monoisotopic (exact) mass is 171 g/mol. The van der Waals surface area contributed by atoms with E-state index in [1.165, 1.54) is 22.6 Å². The molecule has 3 aliphatic rings. The number of allylic oxidation sites excluding steroid dienone is 4. The van der Waals surface area contributed by atoms with Gasteiger partial charge in [0.05, 0.1) is 5.70 Å². The van der Waals surface area contributed by atoms with Crippen molar-refractivity contribution >= 4 is 5.71 Å². The fraction of sp³-hybridized carbons (Fsp3) is 0.364. The van der Waals surface area contributed by atoms with E-state index in [0.717, 1.165) is 25.9 Å². The van der Waals surface area contributed by atoms with E-state index in [-0.39, 0.29) is 0 Å². The van der Waals surface area contributed by atoms with E-state index >= 15 is 0 Å². The van der Waals surface area contributed by atoms with Gasteiger partial charge in [-0.05, 0) is 23.6 Å². The molecule has 0 amide bonds. The molecule has 1 fully saturated rings. The SMILES string of the molecule is C1=CCC2=C3C[N]CCC3=NC2=C1. The van der Waals surface area contributed by atoms with Gasteiger partial charge in [0.15, 0.2) is 0 Å². The topological polar surface area (TPSA) is 26.5 Å². The molecule has 13 heavy (non-hydrogen) atoms. The first-order chi connectivity index (χ1) is 6.45. The van der Waals surface area contributed by atoms with Crippen LogP contribution in [0.25, 0.3) is 0 Å². The highest BCUT2D eigenvalue weighted by atomic mass is 14.9. The Kier molecular flexibility index (Phi) is 1.49. The Morgan fingerprint density at radius 2 is 2.23 bits per heavy atom. The molecule has 0 bridgehead atoms. The van der Waals surface area contributed by atoms with Crippen LogP contribution in [0.15, 0.2) is 40.1 Å². The number of aliphatic imine (C=N–C) groups is 1. The number of hydrogen-bond acceptors (Lipinski definition) is 1. The summed E-state index contributed by atoms with van der Waals surface area (Å²) in [5.41, 5.74) is 5.30. The number of hydrogen-bond donors (Lipinski definition) is 0. The molecule has 1 radical (unpaired) electrons. The molecule has 2 heterocycles. The Balaban J connectivity index is 2.10. The van der Waals surface area contributed by atoms with Gasteiger partial charge in [0.1, 0.15) is 0 Å². The Labute approximate surface area is 77.7 Å². The molecule has 0 aromatic rings. The van der Waals surface area contributed by atoms with E-state index in [2.05, 4.69) is 28.5 Å². The van der Waals surface area contributed by atoms with Gasteiger partial charge in [-0.2, -0.15) is 0 Å². The highest BCUT2D eigenvalue weighted by Crippen LogP contribution is 2.32. The van der Waals surface area contributed by atoms with Gasteiger partial charge < -0.3 is 0 Å². The zero-order chi connectivity index (χ0) is 8.67. The van der Waals surface area contributed by atoms with Crippen molar-refractivity contribution in [3.63, 3.8) is 0 Å². The molecular weight excluding hydrogens is 160 g/mol. The molecule has 0 aromatic carbocycles. The average molecular weight is 171 g/mol. The van der Waals surface area contributed by atoms with Gasteiger partial charge in [-0.15, -0.1) is 0 Å². The van der Waals surface area contributed by atoms with E-state index in [9.17, 15) is 0 Å². The molecule has 0 aromatic heterocycles. The van der Waals surface area contributed by atoms with E-state index in [4.69, 9.17) is 0 Å². The molecule has 0 atom stereocenters. The van der Waals surface area contributed by atoms with E-state index in [1.807, 2.05) is 0 Å². The summed E-state index contributed by atoms with van der Waals surface area (Å²) >= 11 is 0. The fourth-order valence-electron chi connectivity index (χ4n) is 2.09. The summed E-state index contributed by atoms with van der Waals surface area (Å²) in [4.78, 5) is 4.62. The zero-order valence-electron chi connectivity index (χ0n) is 7.45. The molecule has 0 unspecified atom stereocenters. The number of rotatable bonds is 0. The number of fused-ring (bicyclic) bond motifs is 2. The van der Waals surface area contributed by atoms with Crippen LogP contribution in [0.4, 0.5) is 0 Å². The molecular formula is C11H11N2. The van der Waals surface area contributed by atoms with Gasteiger partial charge in [0.25, 0.3) is 0 Å². The first-order valence-electron chi connectivity index (χ1n) is 4.75. The van der Waals surface area contributed by atoms with Crippen molar-refractivity contribution < 1.29 is 0 Å². The molecule has 2 aliphatic heterocycles. The summed E-state index contributed by atoms with van der Waals surface area (Å²) < 4.78 is 0. The second-order valence-electron chi connectivity index (χ2n) is 3.56.